The molecule has 0 amide bonds. The molecule has 0 radical (unpaired) electrons. The Bertz CT molecular complexity index is 319. The van der Waals surface area contributed by atoms with Crippen LogP contribution in [0.25, 0.3) is 6.08 Å². The second kappa shape index (κ2) is 4.20. The van der Waals surface area contributed by atoms with Crippen LogP contribution in [0, 0.1) is 10.1 Å². The predicted octanol–water partition coefficient (Wildman–Crippen LogP) is 1.34. The van der Waals surface area contributed by atoms with Crippen LogP contribution in [0.2, 0.25) is 0 Å². The molecule has 68 valence electrons. The molecule has 1 rings (SSSR count). The fraction of sp³-hybridized carbons (Fsp3) is 0.125. The summed E-state index contributed by atoms with van der Waals surface area (Å²) in [5, 5.41) is 9.97. The summed E-state index contributed by atoms with van der Waals surface area (Å²) < 4.78 is 4.83. The molecule has 0 atom stereocenters. The van der Waals surface area contributed by atoms with Gasteiger partial charge in [-0.2, -0.15) is 0 Å². The Labute approximate surface area is 74.8 Å². The van der Waals surface area contributed by atoms with Gasteiger partial charge in [-0.25, -0.2) is 4.98 Å². The van der Waals surface area contributed by atoms with Gasteiger partial charge in [0.1, 0.15) is 0 Å². The van der Waals surface area contributed by atoms with E-state index in [2.05, 4.69) is 4.98 Å². The number of hydrogen-bond acceptors (Lipinski definition) is 4. The SMILES string of the molecule is COc1ccc(/C=C/[N+](=O)[O-])cn1. The van der Waals surface area contributed by atoms with E-state index in [1.54, 1.807) is 12.1 Å². The largest absolute Gasteiger partial charge is 0.481 e. The summed E-state index contributed by atoms with van der Waals surface area (Å²) in [5.74, 6) is 0.484. The van der Waals surface area contributed by atoms with E-state index in [4.69, 9.17) is 4.74 Å². The van der Waals surface area contributed by atoms with Gasteiger partial charge in [0.15, 0.2) is 0 Å². The van der Waals surface area contributed by atoms with E-state index in [-0.39, 0.29) is 0 Å². The lowest BCUT2D eigenvalue weighted by atomic mass is 10.3. The Kier molecular flexibility index (Phi) is 2.97. The van der Waals surface area contributed by atoms with Gasteiger partial charge >= 0.3 is 0 Å². The van der Waals surface area contributed by atoms with Crippen molar-refractivity contribution in [3.05, 3.63) is 40.2 Å². The summed E-state index contributed by atoms with van der Waals surface area (Å²) in [6, 6.07) is 3.32. The van der Waals surface area contributed by atoms with Gasteiger partial charge in [0.05, 0.1) is 12.0 Å². The molecule has 0 saturated carbocycles. The van der Waals surface area contributed by atoms with Crippen LogP contribution in [0.4, 0.5) is 0 Å². The van der Waals surface area contributed by atoms with Crippen molar-refractivity contribution in [2.24, 2.45) is 0 Å². The van der Waals surface area contributed by atoms with Crippen LogP contribution < -0.4 is 4.74 Å². The molecule has 0 fully saturated rings. The minimum atomic E-state index is -0.524. The molecular formula is C8H8N2O3. The van der Waals surface area contributed by atoms with Crippen molar-refractivity contribution in [3.8, 4) is 5.88 Å². The molecule has 0 unspecified atom stereocenters. The number of nitrogens with zero attached hydrogens (tertiary/aromatic N) is 2. The average Bonchev–Trinajstić information content (AvgIpc) is 2.15. The fourth-order valence-electron chi connectivity index (χ4n) is 0.758. The molecule has 13 heavy (non-hydrogen) atoms. The highest BCUT2D eigenvalue weighted by molar-refractivity contribution is 5.46. The Morgan fingerprint density at radius 1 is 1.62 bits per heavy atom. The maximum atomic E-state index is 9.97. The summed E-state index contributed by atoms with van der Waals surface area (Å²) in [5.41, 5.74) is 0.664. The minimum absolute atomic E-state index is 0.484. The van der Waals surface area contributed by atoms with Crippen molar-refractivity contribution < 1.29 is 9.66 Å². The van der Waals surface area contributed by atoms with Gasteiger partial charge in [-0.1, -0.05) is 0 Å². The molecule has 5 heteroatoms. The van der Waals surface area contributed by atoms with E-state index >= 15 is 0 Å². The van der Waals surface area contributed by atoms with Crippen molar-refractivity contribution in [1.29, 1.82) is 0 Å². The maximum absolute atomic E-state index is 9.97. The first-order valence-corrected chi connectivity index (χ1v) is 3.54. The standard InChI is InChI=1S/C8H8N2O3/c1-13-8-3-2-7(6-9-8)4-5-10(11)12/h2-6H,1H3/b5-4+. The first-order chi connectivity index (χ1) is 6.22. The number of aromatic nitrogens is 1. The lowest BCUT2D eigenvalue weighted by molar-refractivity contribution is -0.400. The topological polar surface area (TPSA) is 65.3 Å². The van der Waals surface area contributed by atoms with Crippen LogP contribution >= 0.6 is 0 Å². The van der Waals surface area contributed by atoms with Crippen molar-refractivity contribution in [2.45, 2.75) is 0 Å². The molecule has 0 saturated heterocycles. The molecule has 0 bridgehead atoms. The third-order valence-corrected chi connectivity index (χ3v) is 1.36. The van der Waals surface area contributed by atoms with Gasteiger partial charge in [0.2, 0.25) is 12.1 Å². The van der Waals surface area contributed by atoms with Crippen molar-refractivity contribution in [1.82, 2.24) is 4.98 Å². The lowest BCUT2D eigenvalue weighted by Crippen LogP contribution is -1.87. The number of hydrogen-bond donors (Lipinski definition) is 0. The maximum Gasteiger partial charge on any atom is 0.235 e. The monoisotopic (exact) mass is 180 g/mol. The Hall–Kier alpha value is -1.91. The number of nitro groups is 1. The van der Waals surface area contributed by atoms with Gasteiger partial charge in [-0.3, -0.25) is 10.1 Å². The van der Waals surface area contributed by atoms with E-state index in [1.807, 2.05) is 0 Å². The Morgan fingerprint density at radius 3 is 2.85 bits per heavy atom. The highest BCUT2D eigenvalue weighted by atomic mass is 16.6. The van der Waals surface area contributed by atoms with E-state index in [1.165, 1.54) is 19.4 Å². The normalized spacial score (nSPS) is 10.2. The molecule has 0 aliphatic heterocycles. The van der Waals surface area contributed by atoms with E-state index in [9.17, 15) is 10.1 Å². The molecule has 5 nitrogen and oxygen atoms in total. The number of ether oxygens (including phenoxy) is 1. The Balaban J connectivity index is 2.75. The van der Waals surface area contributed by atoms with Gasteiger partial charge in [0.25, 0.3) is 0 Å². The van der Waals surface area contributed by atoms with E-state index in [0.717, 1.165) is 6.20 Å². The van der Waals surface area contributed by atoms with Gasteiger partial charge in [-0.15, -0.1) is 0 Å². The van der Waals surface area contributed by atoms with Crippen LogP contribution in [0.1, 0.15) is 5.56 Å². The zero-order valence-electron chi connectivity index (χ0n) is 7.01. The quantitative estimate of drug-likeness (QED) is 0.520. The molecular weight excluding hydrogens is 172 g/mol. The van der Waals surface area contributed by atoms with E-state index < -0.39 is 4.92 Å². The van der Waals surface area contributed by atoms with Gasteiger partial charge < -0.3 is 4.74 Å². The first kappa shape index (κ1) is 9.18. The van der Waals surface area contributed by atoms with Crippen LogP contribution in [0.5, 0.6) is 5.88 Å². The van der Waals surface area contributed by atoms with Crippen molar-refractivity contribution in [2.75, 3.05) is 7.11 Å². The van der Waals surface area contributed by atoms with Crippen molar-refractivity contribution >= 4 is 6.08 Å². The molecule has 0 spiro atoms. The zero-order chi connectivity index (χ0) is 9.68. The molecule has 1 aromatic rings. The van der Waals surface area contributed by atoms with Crippen LogP contribution in [-0.2, 0) is 0 Å². The smallest absolute Gasteiger partial charge is 0.235 e. The second-order valence-electron chi connectivity index (χ2n) is 2.23. The molecule has 0 aliphatic carbocycles. The molecule has 0 N–H and O–H groups in total. The summed E-state index contributed by atoms with van der Waals surface area (Å²) in [4.78, 5) is 13.3. The summed E-state index contributed by atoms with van der Waals surface area (Å²) >= 11 is 0. The lowest BCUT2D eigenvalue weighted by Gasteiger charge is -1.96. The summed E-state index contributed by atoms with van der Waals surface area (Å²) in [7, 11) is 1.51. The Morgan fingerprint density at radius 2 is 2.38 bits per heavy atom. The second-order valence-corrected chi connectivity index (χ2v) is 2.23. The summed E-state index contributed by atoms with van der Waals surface area (Å²) in [6.07, 6.45) is 3.73. The number of pyridine rings is 1. The summed E-state index contributed by atoms with van der Waals surface area (Å²) in [6.45, 7) is 0. The molecule has 0 aliphatic rings. The third kappa shape index (κ3) is 2.90. The molecule has 0 aromatic carbocycles. The number of rotatable bonds is 3. The predicted molar refractivity (Wildman–Crippen MR) is 46.8 cm³/mol. The van der Waals surface area contributed by atoms with Crippen LogP contribution in [0.15, 0.2) is 24.5 Å². The molecule has 1 aromatic heterocycles. The third-order valence-electron chi connectivity index (χ3n) is 1.36. The first-order valence-electron chi connectivity index (χ1n) is 3.54. The average molecular weight is 180 g/mol. The minimum Gasteiger partial charge on any atom is -0.481 e. The highest BCUT2D eigenvalue weighted by Gasteiger charge is 1.93. The van der Waals surface area contributed by atoms with Gasteiger partial charge in [-0.05, 0) is 11.6 Å². The molecule has 1 heterocycles. The van der Waals surface area contributed by atoms with Crippen LogP contribution in [0.3, 0.4) is 0 Å². The zero-order valence-corrected chi connectivity index (χ0v) is 7.01. The van der Waals surface area contributed by atoms with Crippen LogP contribution in [-0.4, -0.2) is 17.0 Å². The van der Waals surface area contributed by atoms with E-state index in [0.29, 0.717) is 11.4 Å². The fourth-order valence-corrected chi connectivity index (χ4v) is 0.758. The van der Waals surface area contributed by atoms with Crippen molar-refractivity contribution in [3.63, 3.8) is 0 Å². The highest BCUT2D eigenvalue weighted by Crippen LogP contribution is 2.07. The van der Waals surface area contributed by atoms with Gasteiger partial charge in [0, 0.05) is 18.3 Å². The number of methoxy groups -OCH3 is 1.